The van der Waals surface area contributed by atoms with Crippen molar-refractivity contribution in [3.63, 3.8) is 0 Å². The van der Waals surface area contributed by atoms with Gasteiger partial charge >= 0.3 is 0 Å². The molecule has 1 atom stereocenters. The highest BCUT2D eigenvalue weighted by atomic mass is 35.5. The van der Waals surface area contributed by atoms with E-state index in [4.69, 9.17) is 27.9 Å². The first kappa shape index (κ1) is 34.2. The molecular formula is C32H39Cl2N3O5S. The van der Waals surface area contributed by atoms with Crippen molar-refractivity contribution in [1.29, 1.82) is 0 Å². The number of carbonyl (C=O) groups excluding carboxylic acids is 2. The Balaban J connectivity index is 1.91. The topological polar surface area (TPSA) is 96.0 Å². The Bertz CT molecular complexity index is 1490. The number of carbonyl (C=O) groups is 2. The first-order chi connectivity index (χ1) is 20.4. The van der Waals surface area contributed by atoms with Crippen LogP contribution < -0.4 is 14.4 Å². The summed E-state index contributed by atoms with van der Waals surface area (Å²) in [5, 5.41) is 3.83. The van der Waals surface area contributed by atoms with Crippen molar-refractivity contribution in [2.45, 2.75) is 45.7 Å². The molecule has 3 aromatic carbocycles. The monoisotopic (exact) mass is 647 g/mol. The zero-order valence-corrected chi connectivity index (χ0v) is 27.3. The average Bonchev–Trinajstić information content (AvgIpc) is 2.96. The largest absolute Gasteiger partial charge is 0.497 e. The maximum Gasteiger partial charge on any atom is 0.243 e. The van der Waals surface area contributed by atoms with Gasteiger partial charge in [-0.2, -0.15) is 0 Å². The number of nitrogens with one attached hydrogen (secondary N) is 1. The molecule has 0 fully saturated rings. The van der Waals surface area contributed by atoms with Crippen LogP contribution in [-0.4, -0.2) is 57.6 Å². The molecule has 3 aromatic rings. The lowest BCUT2D eigenvalue weighted by atomic mass is 10.0. The average molecular weight is 649 g/mol. The molecule has 0 aromatic heterocycles. The van der Waals surface area contributed by atoms with E-state index in [1.54, 1.807) is 42.5 Å². The van der Waals surface area contributed by atoms with Crippen molar-refractivity contribution in [3.8, 4) is 5.75 Å². The minimum atomic E-state index is -3.65. The molecule has 232 valence electrons. The third-order valence-electron chi connectivity index (χ3n) is 6.80. The molecular weight excluding hydrogens is 609 g/mol. The first-order valence-corrected chi connectivity index (χ1v) is 16.7. The van der Waals surface area contributed by atoms with Crippen molar-refractivity contribution in [3.05, 3.63) is 94.0 Å². The number of anilines is 1. The van der Waals surface area contributed by atoms with Crippen LogP contribution in [-0.2, 0) is 32.6 Å². The van der Waals surface area contributed by atoms with E-state index < -0.39 is 16.1 Å². The molecule has 3 rings (SSSR count). The second-order valence-electron chi connectivity index (χ2n) is 10.7. The number of benzene rings is 3. The number of halogens is 2. The summed E-state index contributed by atoms with van der Waals surface area (Å²) in [6.45, 7) is 4.60. The zero-order chi connectivity index (χ0) is 31.6. The third-order valence-corrected chi connectivity index (χ3v) is 8.59. The van der Waals surface area contributed by atoms with E-state index >= 15 is 0 Å². The molecule has 8 nitrogen and oxygen atoms in total. The highest BCUT2D eigenvalue weighted by molar-refractivity contribution is 7.92. The Morgan fingerprint density at radius 2 is 1.70 bits per heavy atom. The smallest absolute Gasteiger partial charge is 0.243 e. The van der Waals surface area contributed by atoms with Crippen LogP contribution in [0.3, 0.4) is 0 Å². The third kappa shape index (κ3) is 10.4. The van der Waals surface area contributed by atoms with Crippen molar-refractivity contribution in [1.82, 2.24) is 10.2 Å². The molecule has 0 bridgehead atoms. The lowest BCUT2D eigenvalue weighted by Crippen LogP contribution is -2.51. The van der Waals surface area contributed by atoms with Crippen molar-refractivity contribution < 1.29 is 22.7 Å². The Morgan fingerprint density at radius 3 is 2.33 bits per heavy atom. The van der Waals surface area contributed by atoms with Crippen LogP contribution in [0, 0.1) is 5.92 Å². The molecule has 0 aliphatic heterocycles. The number of hydrogen-bond donors (Lipinski definition) is 1. The second-order valence-corrected chi connectivity index (χ2v) is 13.5. The fourth-order valence-electron chi connectivity index (χ4n) is 4.58. The van der Waals surface area contributed by atoms with E-state index in [0.717, 1.165) is 11.8 Å². The Morgan fingerprint density at radius 1 is 0.977 bits per heavy atom. The Kier molecular flexibility index (Phi) is 12.7. The number of ether oxygens (including phenoxy) is 1. The van der Waals surface area contributed by atoms with E-state index in [1.807, 2.05) is 44.2 Å². The Hall–Kier alpha value is -3.27. The highest BCUT2D eigenvalue weighted by Crippen LogP contribution is 2.26. The molecule has 0 unspecified atom stereocenters. The Labute approximate surface area is 265 Å². The second kappa shape index (κ2) is 16.0. The lowest BCUT2D eigenvalue weighted by molar-refractivity contribution is -0.141. The highest BCUT2D eigenvalue weighted by Gasteiger charge is 2.31. The normalized spacial score (nSPS) is 12.1. The first-order valence-electron chi connectivity index (χ1n) is 14.1. The lowest BCUT2D eigenvalue weighted by Gasteiger charge is -2.32. The summed E-state index contributed by atoms with van der Waals surface area (Å²) in [4.78, 5) is 29.1. The molecule has 43 heavy (non-hydrogen) atoms. The van der Waals surface area contributed by atoms with Gasteiger partial charge in [-0.1, -0.05) is 79.5 Å². The van der Waals surface area contributed by atoms with Crippen LogP contribution in [0.1, 0.15) is 37.8 Å². The number of sulfonamides is 1. The molecule has 0 saturated heterocycles. The van der Waals surface area contributed by atoms with Gasteiger partial charge in [-0.25, -0.2) is 8.42 Å². The van der Waals surface area contributed by atoms with Crippen molar-refractivity contribution >= 4 is 50.7 Å². The van der Waals surface area contributed by atoms with Crippen molar-refractivity contribution in [2.75, 3.05) is 30.8 Å². The van der Waals surface area contributed by atoms with Gasteiger partial charge < -0.3 is 15.0 Å². The fourth-order valence-corrected chi connectivity index (χ4v) is 6.00. The van der Waals surface area contributed by atoms with Crippen LogP contribution in [0.15, 0.2) is 72.8 Å². The molecule has 11 heteroatoms. The van der Waals surface area contributed by atoms with Crippen LogP contribution >= 0.6 is 23.2 Å². The predicted molar refractivity (Wildman–Crippen MR) is 173 cm³/mol. The van der Waals surface area contributed by atoms with Gasteiger partial charge in [-0.05, 0) is 47.7 Å². The van der Waals surface area contributed by atoms with E-state index in [0.29, 0.717) is 40.0 Å². The minimum Gasteiger partial charge on any atom is -0.497 e. The van der Waals surface area contributed by atoms with Gasteiger partial charge in [0.2, 0.25) is 21.8 Å². The zero-order valence-electron chi connectivity index (χ0n) is 24.9. The molecule has 1 N–H and O–H groups in total. The van der Waals surface area contributed by atoms with Gasteiger partial charge in [-0.15, -0.1) is 0 Å². The number of hydrogen-bond acceptors (Lipinski definition) is 5. The van der Waals surface area contributed by atoms with Gasteiger partial charge in [0, 0.05) is 48.6 Å². The molecule has 2 amide bonds. The quantitative estimate of drug-likeness (QED) is 0.220. The van der Waals surface area contributed by atoms with Gasteiger partial charge in [0.1, 0.15) is 11.8 Å². The van der Waals surface area contributed by atoms with Crippen LogP contribution in [0.2, 0.25) is 10.0 Å². The number of nitrogens with zero attached hydrogens (tertiary/aromatic N) is 2. The van der Waals surface area contributed by atoms with E-state index in [2.05, 4.69) is 5.32 Å². The minimum absolute atomic E-state index is 0.00392. The van der Waals surface area contributed by atoms with Crippen LogP contribution in [0.25, 0.3) is 0 Å². The van der Waals surface area contributed by atoms with Gasteiger partial charge in [-0.3, -0.25) is 13.9 Å². The fraction of sp³-hybridized carbons (Fsp3) is 0.375. The van der Waals surface area contributed by atoms with Gasteiger partial charge in [0.25, 0.3) is 0 Å². The SMILES string of the molecule is COc1cccc(N(CCCC(=O)N(Cc2ccc(Cl)cc2Cl)[C@H](Cc2ccccc2)C(=O)NCC(C)C)S(C)(=O)=O)c1. The maximum atomic E-state index is 14.0. The van der Waals surface area contributed by atoms with Crippen LogP contribution in [0.5, 0.6) is 5.75 Å². The maximum absolute atomic E-state index is 14.0. The molecule has 0 radical (unpaired) electrons. The number of rotatable bonds is 15. The van der Waals surface area contributed by atoms with E-state index in [9.17, 15) is 18.0 Å². The summed E-state index contributed by atoms with van der Waals surface area (Å²) >= 11 is 12.6. The molecule has 0 saturated carbocycles. The summed E-state index contributed by atoms with van der Waals surface area (Å²) in [5.41, 5.74) is 1.98. The number of amides is 2. The molecule has 0 aliphatic carbocycles. The van der Waals surface area contributed by atoms with Gasteiger partial charge in [0.15, 0.2) is 0 Å². The van der Waals surface area contributed by atoms with E-state index in [1.165, 1.54) is 16.3 Å². The molecule has 0 aliphatic rings. The standard InChI is InChI=1S/C32H39Cl2N3O5S/c1-23(2)21-35-32(39)30(18-24-10-6-5-7-11-24)36(22-25-15-16-26(33)19-29(25)34)31(38)14-9-17-37(43(4,40)41)27-12-8-13-28(20-27)42-3/h5-8,10-13,15-16,19-20,23,30H,9,14,17-18,21-22H2,1-4H3,(H,35,39)/t30-/m1/s1. The summed E-state index contributed by atoms with van der Waals surface area (Å²) in [6.07, 6.45) is 1.64. The van der Waals surface area contributed by atoms with Crippen LogP contribution in [0.4, 0.5) is 5.69 Å². The molecule has 0 spiro atoms. The summed E-state index contributed by atoms with van der Waals surface area (Å²) in [7, 11) is -2.14. The summed E-state index contributed by atoms with van der Waals surface area (Å²) in [5.74, 6) is 0.162. The van der Waals surface area contributed by atoms with Crippen molar-refractivity contribution in [2.24, 2.45) is 5.92 Å². The number of methoxy groups -OCH3 is 1. The summed E-state index contributed by atoms with van der Waals surface area (Å²) in [6, 6.07) is 20.4. The molecule has 0 heterocycles. The summed E-state index contributed by atoms with van der Waals surface area (Å²) < 4.78 is 31.9. The van der Waals surface area contributed by atoms with Gasteiger partial charge in [0.05, 0.1) is 19.1 Å². The predicted octanol–water partition coefficient (Wildman–Crippen LogP) is 5.96. The van der Waals surface area contributed by atoms with E-state index in [-0.39, 0.29) is 43.7 Å².